The predicted octanol–water partition coefficient (Wildman–Crippen LogP) is 4.69. The molecule has 0 aliphatic carbocycles. The van der Waals surface area contributed by atoms with Crippen LogP contribution in [-0.2, 0) is 6.54 Å². The maximum Gasteiger partial charge on any atom is 0.254 e. The van der Waals surface area contributed by atoms with Gasteiger partial charge in [0.25, 0.3) is 11.8 Å². The molecule has 2 N–H and O–H groups in total. The first-order valence-electron chi connectivity index (χ1n) is 9.92. The molecule has 30 heavy (non-hydrogen) atoms. The summed E-state index contributed by atoms with van der Waals surface area (Å²) >= 11 is 1.45. The van der Waals surface area contributed by atoms with Crippen LogP contribution in [0, 0.1) is 0 Å². The lowest BCUT2D eigenvalue weighted by Crippen LogP contribution is -2.32. The standard InChI is InChI=1S/C24H25N3O2S/c1-3-17(2)27-22(28)19-10-7-9-18(15-19)16-26-23(29)21-13-8-14-25-24(21)30-20-11-5-4-6-12-20/h4-15,17H,3,16H2,1-2H3,(H,26,29)(H,27,28). The molecule has 1 unspecified atom stereocenters. The average Bonchev–Trinajstić information content (AvgIpc) is 2.78. The largest absolute Gasteiger partial charge is 0.350 e. The number of carbonyl (C=O) groups excluding carboxylic acids is 2. The molecule has 3 aromatic rings. The Morgan fingerprint density at radius 1 is 1.00 bits per heavy atom. The van der Waals surface area contributed by atoms with E-state index >= 15 is 0 Å². The van der Waals surface area contributed by atoms with Crippen molar-refractivity contribution in [1.29, 1.82) is 0 Å². The van der Waals surface area contributed by atoms with Crippen LogP contribution in [0.5, 0.6) is 0 Å². The van der Waals surface area contributed by atoms with Crippen molar-refractivity contribution in [2.45, 2.75) is 42.8 Å². The maximum atomic E-state index is 12.8. The SMILES string of the molecule is CCC(C)NC(=O)c1cccc(CNC(=O)c2cccnc2Sc2ccccc2)c1. The van der Waals surface area contributed by atoms with Gasteiger partial charge in [0.05, 0.1) is 5.56 Å². The molecule has 0 saturated heterocycles. The molecule has 2 amide bonds. The number of nitrogens with one attached hydrogen (secondary N) is 2. The Morgan fingerprint density at radius 2 is 1.80 bits per heavy atom. The van der Waals surface area contributed by atoms with Crippen LogP contribution in [-0.4, -0.2) is 22.8 Å². The monoisotopic (exact) mass is 419 g/mol. The predicted molar refractivity (Wildman–Crippen MR) is 120 cm³/mol. The Bertz CT molecular complexity index is 1010. The summed E-state index contributed by atoms with van der Waals surface area (Å²) < 4.78 is 0. The molecule has 0 radical (unpaired) electrons. The first-order valence-corrected chi connectivity index (χ1v) is 10.7. The fraction of sp³-hybridized carbons (Fsp3) is 0.208. The van der Waals surface area contributed by atoms with Gasteiger partial charge in [0, 0.05) is 29.2 Å². The van der Waals surface area contributed by atoms with Gasteiger partial charge in [0.2, 0.25) is 0 Å². The Hall–Kier alpha value is -3.12. The average molecular weight is 420 g/mol. The Balaban J connectivity index is 1.66. The van der Waals surface area contributed by atoms with Crippen LogP contribution < -0.4 is 10.6 Å². The third kappa shape index (κ3) is 5.94. The van der Waals surface area contributed by atoms with E-state index in [0.29, 0.717) is 22.7 Å². The molecular formula is C24H25N3O2S. The zero-order valence-electron chi connectivity index (χ0n) is 17.1. The van der Waals surface area contributed by atoms with Gasteiger partial charge < -0.3 is 10.6 Å². The van der Waals surface area contributed by atoms with Crippen LogP contribution in [0.1, 0.15) is 46.5 Å². The number of aromatic nitrogens is 1. The minimum Gasteiger partial charge on any atom is -0.350 e. The van der Waals surface area contributed by atoms with Gasteiger partial charge in [-0.1, -0.05) is 49.0 Å². The number of benzene rings is 2. The molecule has 5 nitrogen and oxygen atoms in total. The van der Waals surface area contributed by atoms with Crippen LogP contribution in [0.25, 0.3) is 0 Å². The molecule has 2 aromatic carbocycles. The molecule has 1 atom stereocenters. The van der Waals surface area contributed by atoms with E-state index < -0.39 is 0 Å². The second-order valence-electron chi connectivity index (χ2n) is 6.94. The number of pyridine rings is 1. The summed E-state index contributed by atoms with van der Waals surface area (Å²) in [5, 5.41) is 6.55. The molecule has 154 valence electrons. The number of rotatable bonds is 8. The molecule has 0 fully saturated rings. The second-order valence-corrected chi connectivity index (χ2v) is 8.00. The molecule has 0 saturated carbocycles. The zero-order valence-corrected chi connectivity index (χ0v) is 17.9. The Kier molecular flexibility index (Phi) is 7.63. The van der Waals surface area contributed by atoms with Crippen molar-refractivity contribution < 1.29 is 9.59 Å². The van der Waals surface area contributed by atoms with E-state index in [-0.39, 0.29) is 17.9 Å². The van der Waals surface area contributed by atoms with Gasteiger partial charge in [0.1, 0.15) is 5.03 Å². The van der Waals surface area contributed by atoms with E-state index in [1.165, 1.54) is 11.8 Å². The molecule has 0 spiro atoms. The van der Waals surface area contributed by atoms with Gasteiger partial charge >= 0.3 is 0 Å². The number of nitrogens with zero attached hydrogens (tertiary/aromatic N) is 1. The molecule has 0 aliphatic heterocycles. The van der Waals surface area contributed by atoms with Crippen molar-refractivity contribution in [2.75, 3.05) is 0 Å². The summed E-state index contributed by atoms with van der Waals surface area (Å²) in [4.78, 5) is 30.5. The summed E-state index contributed by atoms with van der Waals surface area (Å²) in [6, 6.07) is 20.8. The zero-order chi connectivity index (χ0) is 21.3. The topological polar surface area (TPSA) is 71.1 Å². The molecular weight excluding hydrogens is 394 g/mol. The quantitative estimate of drug-likeness (QED) is 0.556. The third-order valence-electron chi connectivity index (χ3n) is 4.61. The third-order valence-corrected chi connectivity index (χ3v) is 5.63. The van der Waals surface area contributed by atoms with Crippen molar-refractivity contribution in [1.82, 2.24) is 15.6 Å². The van der Waals surface area contributed by atoms with Crippen molar-refractivity contribution in [3.63, 3.8) is 0 Å². The lowest BCUT2D eigenvalue weighted by molar-refractivity contribution is 0.0936. The van der Waals surface area contributed by atoms with Crippen LogP contribution in [0.15, 0.2) is 82.8 Å². The van der Waals surface area contributed by atoms with E-state index in [4.69, 9.17) is 0 Å². The summed E-state index contributed by atoms with van der Waals surface area (Å²) in [6.07, 6.45) is 2.55. The fourth-order valence-electron chi connectivity index (χ4n) is 2.75. The lowest BCUT2D eigenvalue weighted by Gasteiger charge is -2.12. The maximum absolute atomic E-state index is 12.8. The first-order chi connectivity index (χ1) is 14.6. The van der Waals surface area contributed by atoms with E-state index in [0.717, 1.165) is 16.9 Å². The summed E-state index contributed by atoms with van der Waals surface area (Å²) in [5.41, 5.74) is 1.97. The van der Waals surface area contributed by atoms with Crippen LogP contribution in [0.2, 0.25) is 0 Å². The van der Waals surface area contributed by atoms with Crippen LogP contribution in [0.4, 0.5) is 0 Å². The number of hydrogen-bond acceptors (Lipinski definition) is 4. The van der Waals surface area contributed by atoms with Gasteiger partial charge in [-0.25, -0.2) is 4.98 Å². The Labute approximate surface area is 181 Å². The smallest absolute Gasteiger partial charge is 0.254 e. The highest BCUT2D eigenvalue weighted by Gasteiger charge is 2.14. The summed E-state index contributed by atoms with van der Waals surface area (Å²) in [7, 11) is 0. The van der Waals surface area contributed by atoms with Crippen molar-refractivity contribution in [3.8, 4) is 0 Å². The van der Waals surface area contributed by atoms with Gasteiger partial charge in [-0.2, -0.15) is 0 Å². The lowest BCUT2D eigenvalue weighted by atomic mass is 10.1. The number of hydrogen-bond donors (Lipinski definition) is 2. The highest BCUT2D eigenvalue weighted by Crippen LogP contribution is 2.28. The Morgan fingerprint density at radius 3 is 2.57 bits per heavy atom. The number of amides is 2. The highest BCUT2D eigenvalue weighted by molar-refractivity contribution is 7.99. The van der Waals surface area contributed by atoms with Gasteiger partial charge in [-0.15, -0.1) is 0 Å². The second kappa shape index (κ2) is 10.6. The molecule has 1 aromatic heterocycles. The van der Waals surface area contributed by atoms with Crippen LogP contribution in [0.3, 0.4) is 0 Å². The summed E-state index contributed by atoms with van der Waals surface area (Å²) in [5.74, 6) is -0.303. The highest BCUT2D eigenvalue weighted by atomic mass is 32.2. The molecule has 0 aliphatic rings. The van der Waals surface area contributed by atoms with Gasteiger partial charge in [-0.3, -0.25) is 9.59 Å². The number of carbonyl (C=O) groups is 2. The van der Waals surface area contributed by atoms with Crippen molar-refractivity contribution >= 4 is 23.6 Å². The van der Waals surface area contributed by atoms with Crippen LogP contribution >= 0.6 is 11.8 Å². The van der Waals surface area contributed by atoms with E-state index in [1.807, 2.05) is 56.3 Å². The fourth-order valence-corrected chi connectivity index (χ4v) is 3.66. The van der Waals surface area contributed by atoms with Gasteiger partial charge in [-0.05, 0) is 55.3 Å². The minimum atomic E-state index is -0.198. The first kappa shape index (κ1) is 21.6. The minimum absolute atomic E-state index is 0.105. The molecule has 6 heteroatoms. The van der Waals surface area contributed by atoms with E-state index in [2.05, 4.69) is 15.6 Å². The van der Waals surface area contributed by atoms with E-state index in [1.54, 1.807) is 30.5 Å². The normalized spacial score (nSPS) is 11.5. The molecule has 0 bridgehead atoms. The van der Waals surface area contributed by atoms with Crippen molar-refractivity contribution in [3.05, 3.63) is 89.6 Å². The summed E-state index contributed by atoms with van der Waals surface area (Å²) in [6.45, 7) is 4.33. The van der Waals surface area contributed by atoms with Crippen molar-refractivity contribution in [2.24, 2.45) is 0 Å². The molecule has 1 heterocycles. The van der Waals surface area contributed by atoms with Gasteiger partial charge in [0.15, 0.2) is 0 Å². The van der Waals surface area contributed by atoms with E-state index in [9.17, 15) is 9.59 Å². The molecule has 3 rings (SSSR count).